The third-order valence-electron chi connectivity index (χ3n) is 5.95. The number of alkyl halides is 1. The van der Waals surface area contributed by atoms with Crippen molar-refractivity contribution in [3.63, 3.8) is 0 Å². The Morgan fingerprint density at radius 3 is 2.87 bits per heavy atom. The zero-order valence-corrected chi connectivity index (χ0v) is 17.1. The lowest BCUT2D eigenvalue weighted by Gasteiger charge is -2.22. The Kier molecular flexibility index (Phi) is 4.63. The van der Waals surface area contributed by atoms with Gasteiger partial charge in [-0.1, -0.05) is 6.07 Å². The highest BCUT2D eigenvalue weighted by molar-refractivity contribution is 6.07. The Morgan fingerprint density at radius 1 is 1.20 bits per heavy atom. The standard InChI is InChI=1S/C25H23FN2O2/c1-14-13-21-18(3-5-20(28-21)15(2)26)24(17(14)8-11-29)19-4-6-22-23-16(9-12-30-22)7-10-27-25(19)23/h3-7,10,13,15,29H,8-9,11-12H2,1-2H3. The van der Waals surface area contributed by atoms with E-state index in [-0.39, 0.29) is 6.61 Å². The quantitative estimate of drug-likeness (QED) is 0.506. The van der Waals surface area contributed by atoms with Gasteiger partial charge in [0.15, 0.2) is 0 Å². The molecule has 1 atom stereocenters. The lowest BCUT2D eigenvalue weighted by atomic mass is 9.88. The third kappa shape index (κ3) is 2.92. The fourth-order valence-electron chi connectivity index (χ4n) is 4.53. The first-order valence-electron chi connectivity index (χ1n) is 10.3. The molecule has 152 valence electrons. The molecule has 0 amide bonds. The zero-order chi connectivity index (χ0) is 20.8. The minimum Gasteiger partial charge on any atom is -0.493 e. The van der Waals surface area contributed by atoms with E-state index in [1.54, 1.807) is 6.07 Å². The van der Waals surface area contributed by atoms with Gasteiger partial charge in [-0.3, -0.25) is 4.98 Å². The van der Waals surface area contributed by atoms with Crippen LogP contribution in [0.15, 0.2) is 42.6 Å². The van der Waals surface area contributed by atoms with E-state index in [1.165, 1.54) is 12.5 Å². The number of hydrogen-bond acceptors (Lipinski definition) is 4. The lowest BCUT2D eigenvalue weighted by Crippen LogP contribution is -2.09. The number of rotatable bonds is 4. The van der Waals surface area contributed by atoms with Gasteiger partial charge in [-0.15, -0.1) is 0 Å². The van der Waals surface area contributed by atoms with E-state index in [1.807, 2.05) is 37.4 Å². The molecule has 0 radical (unpaired) electrons. The molecule has 2 aromatic carbocycles. The molecule has 0 fully saturated rings. The monoisotopic (exact) mass is 402 g/mol. The first-order valence-corrected chi connectivity index (χ1v) is 10.3. The molecule has 30 heavy (non-hydrogen) atoms. The van der Waals surface area contributed by atoms with Gasteiger partial charge < -0.3 is 9.84 Å². The highest BCUT2D eigenvalue weighted by Crippen LogP contribution is 2.42. The summed E-state index contributed by atoms with van der Waals surface area (Å²) >= 11 is 0. The van der Waals surface area contributed by atoms with Gasteiger partial charge in [-0.25, -0.2) is 9.37 Å². The van der Waals surface area contributed by atoms with Crippen LogP contribution in [0.5, 0.6) is 5.75 Å². The molecule has 0 bridgehead atoms. The minimum atomic E-state index is -1.13. The Bertz CT molecular complexity index is 1270. The summed E-state index contributed by atoms with van der Waals surface area (Å²) in [6.07, 6.45) is 2.10. The van der Waals surface area contributed by atoms with E-state index in [0.717, 1.165) is 56.2 Å². The Hall–Kier alpha value is -3.05. The van der Waals surface area contributed by atoms with Crippen LogP contribution in [0.3, 0.4) is 0 Å². The van der Waals surface area contributed by atoms with Gasteiger partial charge in [0.1, 0.15) is 11.9 Å². The Morgan fingerprint density at radius 2 is 2.07 bits per heavy atom. The van der Waals surface area contributed by atoms with E-state index in [9.17, 15) is 9.50 Å². The first kappa shape index (κ1) is 18.9. The molecular weight excluding hydrogens is 379 g/mol. The van der Waals surface area contributed by atoms with E-state index in [4.69, 9.17) is 9.72 Å². The molecular formula is C25H23FN2O2. The van der Waals surface area contributed by atoms with E-state index < -0.39 is 6.17 Å². The van der Waals surface area contributed by atoms with Crippen molar-refractivity contribution in [1.29, 1.82) is 0 Å². The number of aliphatic hydroxyl groups excluding tert-OH is 1. The minimum absolute atomic E-state index is 0.0458. The SMILES string of the molecule is Cc1cc2nc(C(C)F)ccc2c(-c2ccc3c4c(ccnc24)CCO3)c1CCO. The van der Waals surface area contributed by atoms with Crippen LogP contribution in [0.1, 0.15) is 35.5 Å². The van der Waals surface area contributed by atoms with Gasteiger partial charge in [0.25, 0.3) is 0 Å². The van der Waals surface area contributed by atoms with Crippen LogP contribution in [0, 0.1) is 6.92 Å². The van der Waals surface area contributed by atoms with Crippen LogP contribution in [0.2, 0.25) is 0 Å². The maximum atomic E-state index is 13.9. The molecule has 4 nitrogen and oxygen atoms in total. The smallest absolute Gasteiger partial charge is 0.139 e. The number of ether oxygens (including phenoxy) is 1. The molecule has 0 saturated carbocycles. The normalized spacial score (nSPS) is 14.1. The van der Waals surface area contributed by atoms with Gasteiger partial charge in [0.2, 0.25) is 0 Å². The highest BCUT2D eigenvalue weighted by atomic mass is 19.1. The second-order valence-electron chi connectivity index (χ2n) is 7.84. The zero-order valence-electron chi connectivity index (χ0n) is 17.1. The second-order valence-corrected chi connectivity index (χ2v) is 7.84. The maximum absolute atomic E-state index is 13.9. The summed E-state index contributed by atoms with van der Waals surface area (Å²) in [5, 5.41) is 11.7. The predicted octanol–water partition coefficient (Wildman–Crippen LogP) is 5.26. The Balaban J connectivity index is 1.88. The highest BCUT2D eigenvalue weighted by Gasteiger charge is 2.21. The van der Waals surface area contributed by atoms with Crippen molar-refractivity contribution < 1.29 is 14.2 Å². The van der Waals surface area contributed by atoms with Crippen molar-refractivity contribution in [2.45, 2.75) is 32.9 Å². The van der Waals surface area contributed by atoms with E-state index in [2.05, 4.69) is 11.1 Å². The molecule has 0 aliphatic carbocycles. The third-order valence-corrected chi connectivity index (χ3v) is 5.95. The average molecular weight is 402 g/mol. The van der Waals surface area contributed by atoms with Crippen LogP contribution < -0.4 is 4.74 Å². The van der Waals surface area contributed by atoms with Crippen LogP contribution in [0.25, 0.3) is 32.9 Å². The number of fused-ring (bicyclic) bond motifs is 1. The van der Waals surface area contributed by atoms with Crippen molar-refractivity contribution >= 4 is 21.8 Å². The molecule has 0 saturated heterocycles. The average Bonchev–Trinajstić information content (AvgIpc) is 2.75. The van der Waals surface area contributed by atoms with Crippen molar-refractivity contribution in [2.75, 3.05) is 13.2 Å². The summed E-state index contributed by atoms with van der Waals surface area (Å²) in [6, 6.07) is 11.8. The molecule has 1 aliphatic rings. The number of benzene rings is 2. The predicted molar refractivity (Wildman–Crippen MR) is 117 cm³/mol. The Labute approximate surface area is 174 Å². The number of hydrogen-bond donors (Lipinski definition) is 1. The van der Waals surface area contributed by atoms with Gasteiger partial charge in [0.05, 0.1) is 23.3 Å². The van der Waals surface area contributed by atoms with Crippen molar-refractivity contribution in [3.8, 4) is 16.9 Å². The summed E-state index contributed by atoms with van der Waals surface area (Å²) in [6.45, 7) is 4.23. The largest absolute Gasteiger partial charge is 0.493 e. The molecule has 5 heteroatoms. The fourth-order valence-corrected chi connectivity index (χ4v) is 4.53. The second kappa shape index (κ2) is 7.33. The van der Waals surface area contributed by atoms with Crippen molar-refractivity contribution in [2.24, 2.45) is 0 Å². The molecule has 4 aromatic rings. The topological polar surface area (TPSA) is 55.2 Å². The summed E-state index contributed by atoms with van der Waals surface area (Å²) < 4.78 is 19.8. The molecule has 1 unspecified atom stereocenters. The summed E-state index contributed by atoms with van der Waals surface area (Å²) in [5.41, 5.74) is 7.38. The number of pyridine rings is 2. The van der Waals surface area contributed by atoms with Crippen molar-refractivity contribution in [1.82, 2.24) is 9.97 Å². The first-order chi connectivity index (χ1) is 14.6. The molecule has 1 aliphatic heterocycles. The van der Waals surface area contributed by atoms with Crippen LogP contribution in [-0.4, -0.2) is 28.3 Å². The van der Waals surface area contributed by atoms with Gasteiger partial charge in [-0.2, -0.15) is 0 Å². The van der Waals surface area contributed by atoms with Gasteiger partial charge >= 0.3 is 0 Å². The van der Waals surface area contributed by atoms with Gasteiger partial charge in [-0.05, 0) is 72.9 Å². The number of halogens is 1. The molecule has 1 N–H and O–H groups in total. The number of nitrogens with zero attached hydrogens (tertiary/aromatic N) is 2. The molecule has 2 aromatic heterocycles. The number of aryl methyl sites for hydroxylation is 1. The number of aromatic nitrogens is 2. The number of aliphatic hydroxyl groups is 1. The van der Waals surface area contributed by atoms with Crippen LogP contribution >= 0.6 is 0 Å². The van der Waals surface area contributed by atoms with Crippen LogP contribution in [0.4, 0.5) is 4.39 Å². The summed E-state index contributed by atoms with van der Waals surface area (Å²) in [5.74, 6) is 0.857. The van der Waals surface area contributed by atoms with Gasteiger partial charge in [0, 0.05) is 35.6 Å². The summed E-state index contributed by atoms with van der Waals surface area (Å²) in [4.78, 5) is 9.30. The lowest BCUT2D eigenvalue weighted by molar-refractivity contribution is 0.299. The van der Waals surface area contributed by atoms with E-state index in [0.29, 0.717) is 18.7 Å². The molecule has 5 rings (SSSR count). The maximum Gasteiger partial charge on any atom is 0.139 e. The fraction of sp³-hybridized carbons (Fsp3) is 0.280. The molecule has 3 heterocycles. The van der Waals surface area contributed by atoms with Crippen molar-refractivity contribution in [3.05, 3.63) is 65.0 Å². The summed E-state index contributed by atoms with van der Waals surface area (Å²) in [7, 11) is 0. The van der Waals surface area contributed by atoms with E-state index >= 15 is 0 Å². The molecule has 0 spiro atoms. The van der Waals surface area contributed by atoms with Crippen LogP contribution in [-0.2, 0) is 12.8 Å².